The van der Waals surface area contributed by atoms with E-state index in [1.807, 2.05) is 49.1 Å². The molecule has 3 amide bonds. The average molecular weight is 303 g/mol. The van der Waals surface area contributed by atoms with Crippen molar-refractivity contribution in [2.75, 3.05) is 26.2 Å². The molecule has 2 rings (SSSR count). The van der Waals surface area contributed by atoms with Crippen molar-refractivity contribution < 1.29 is 9.59 Å². The van der Waals surface area contributed by atoms with E-state index < -0.39 is 6.04 Å². The zero-order chi connectivity index (χ0) is 15.9. The smallest absolute Gasteiger partial charge is 0.318 e. The molecule has 5 heteroatoms. The Labute approximate surface area is 132 Å². The predicted octanol–water partition coefficient (Wildman–Crippen LogP) is 2.40. The van der Waals surface area contributed by atoms with Crippen molar-refractivity contribution >= 4 is 11.9 Å². The van der Waals surface area contributed by atoms with Crippen LogP contribution in [0.1, 0.15) is 38.3 Å². The third-order valence-corrected chi connectivity index (χ3v) is 4.12. The minimum atomic E-state index is -0.604. The minimum absolute atomic E-state index is 0.00999. The molecule has 1 N–H and O–H groups in total. The van der Waals surface area contributed by atoms with Gasteiger partial charge in [-0.25, -0.2) is 4.79 Å². The molecular weight excluding hydrogens is 278 g/mol. The fraction of sp³-hybridized carbons (Fsp3) is 0.529. The van der Waals surface area contributed by atoms with Crippen LogP contribution in [0.2, 0.25) is 0 Å². The molecule has 0 unspecified atom stereocenters. The second-order valence-electron chi connectivity index (χ2n) is 5.50. The van der Waals surface area contributed by atoms with Crippen LogP contribution in [-0.2, 0) is 4.79 Å². The number of nitrogens with zero attached hydrogens (tertiary/aromatic N) is 2. The molecule has 0 aliphatic carbocycles. The van der Waals surface area contributed by atoms with Crippen LogP contribution < -0.4 is 5.32 Å². The van der Waals surface area contributed by atoms with Gasteiger partial charge in [0.05, 0.1) is 0 Å². The van der Waals surface area contributed by atoms with Crippen molar-refractivity contribution in [3.63, 3.8) is 0 Å². The number of likely N-dealkylation sites (tertiary alicyclic amines) is 1. The number of carbonyl (C=O) groups is 2. The molecule has 1 fully saturated rings. The maximum absolute atomic E-state index is 12.8. The highest BCUT2D eigenvalue weighted by Gasteiger charge is 2.29. The van der Waals surface area contributed by atoms with E-state index in [0.717, 1.165) is 31.5 Å². The molecule has 1 aromatic carbocycles. The van der Waals surface area contributed by atoms with Crippen LogP contribution in [0.3, 0.4) is 0 Å². The second kappa shape index (κ2) is 7.82. The molecule has 0 spiro atoms. The van der Waals surface area contributed by atoms with Crippen LogP contribution in [0.4, 0.5) is 4.79 Å². The highest BCUT2D eigenvalue weighted by atomic mass is 16.2. The first kappa shape index (κ1) is 16.3. The molecule has 1 aromatic rings. The molecule has 1 atom stereocenters. The van der Waals surface area contributed by atoms with E-state index in [1.165, 1.54) is 0 Å². The lowest BCUT2D eigenvalue weighted by Gasteiger charge is -2.27. The van der Waals surface area contributed by atoms with Gasteiger partial charge in [-0.1, -0.05) is 30.3 Å². The molecule has 1 saturated heterocycles. The van der Waals surface area contributed by atoms with Gasteiger partial charge in [-0.15, -0.1) is 0 Å². The minimum Gasteiger partial charge on any atom is -0.341 e. The standard InChI is InChI=1S/C17H25N3O2/c1-3-19(4-2)17(22)18-15(14-10-6-5-7-11-14)16(21)20-12-8-9-13-20/h5-7,10-11,15H,3-4,8-9,12-13H2,1-2H3,(H,18,22)/t15-/m0/s1. The molecule has 1 aliphatic heterocycles. The molecule has 5 nitrogen and oxygen atoms in total. The van der Waals surface area contributed by atoms with E-state index in [9.17, 15) is 9.59 Å². The largest absolute Gasteiger partial charge is 0.341 e. The van der Waals surface area contributed by atoms with Gasteiger partial charge in [-0.3, -0.25) is 4.79 Å². The van der Waals surface area contributed by atoms with Crippen molar-refractivity contribution in [2.45, 2.75) is 32.7 Å². The van der Waals surface area contributed by atoms with Gasteiger partial charge in [-0.2, -0.15) is 0 Å². The van der Waals surface area contributed by atoms with Crippen LogP contribution in [0.25, 0.3) is 0 Å². The van der Waals surface area contributed by atoms with Gasteiger partial charge >= 0.3 is 6.03 Å². The van der Waals surface area contributed by atoms with Gasteiger partial charge in [0.2, 0.25) is 5.91 Å². The van der Waals surface area contributed by atoms with E-state index >= 15 is 0 Å². The van der Waals surface area contributed by atoms with Crippen LogP contribution in [0.5, 0.6) is 0 Å². The topological polar surface area (TPSA) is 52.7 Å². The Morgan fingerprint density at radius 2 is 1.73 bits per heavy atom. The van der Waals surface area contributed by atoms with Crippen LogP contribution in [0, 0.1) is 0 Å². The van der Waals surface area contributed by atoms with Crippen molar-refractivity contribution in [1.82, 2.24) is 15.1 Å². The lowest BCUT2D eigenvalue weighted by molar-refractivity contribution is -0.132. The molecule has 0 radical (unpaired) electrons. The summed E-state index contributed by atoms with van der Waals surface area (Å²) in [6.45, 7) is 6.68. The van der Waals surface area contributed by atoms with E-state index in [0.29, 0.717) is 13.1 Å². The number of benzene rings is 1. The predicted molar refractivity (Wildman–Crippen MR) is 86.4 cm³/mol. The lowest BCUT2D eigenvalue weighted by atomic mass is 10.1. The summed E-state index contributed by atoms with van der Waals surface area (Å²) in [5.74, 6) is -0.00999. The van der Waals surface area contributed by atoms with Crippen molar-refractivity contribution in [3.8, 4) is 0 Å². The Bertz CT molecular complexity index is 494. The molecule has 0 saturated carbocycles. The maximum Gasteiger partial charge on any atom is 0.318 e. The summed E-state index contributed by atoms with van der Waals surface area (Å²) >= 11 is 0. The van der Waals surface area contributed by atoms with Gasteiger partial charge in [-0.05, 0) is 32.3 Å². The van der Waals surface area contributed by atoms with Crippen molar-refractivity contribution in [1.29, 1.82) is 0 Å². The van der Waals surface area contributed by atoms with Gasteiger partial charge in [0.1, 0.15) is 6.04 Å². The Hall–Kier alpha value is -2.04. The molecule has 0 aromatic heterocycles. The van der Waals surface area contributed by atoms with E-state index in [1.54, 1.807) is 4.90 Å². The summed E-state index contributed by atoms with van der Waals surface area (Å²) in [6, 6.07) is 8.68. The SMILES string of the molecule is CCN(CC)C(=O)N[C@H](C(=O)N1CCCC1)c1ccccc1. The molecule has 1 heterocycles. The first-order chi connectivity index (χ1) is 10.7. The fourth-order valence-corrected chi connectivity index (χ4v) is 2.78. The summed E-state index contributed by atoms with van der Waals surface area (Å²) in [6.07, 6.45) is 2.08. The first-order valence-corrected chi connectivity index (χ1v) is 8.06. The van der Waals surface area contributed by atoms with Gasteiger partial charge in [0.15, 0.2) is 0 Å². The summed E-state index contributed by atoms with van der Waals surface area (Å²) in [7, 11) is 0. The lowest BCUT2D eigenvalue weighted by Crippen LogP contribution is -2.47. The van der Waals surface area contributed by atoms with Gasteiger partial charge in [0.25, 0.3) is 0 Å². The van der Waals surface area contributed by atoms with E-state index in [-0.39, 0.29) is 11.9 Å². The van der Waals surface area contributed by atoms with Crippen molar-refractivity contribution in [2.24, 2.45) is 0 Å². The summed E-state index contributed by atoms with van der Waals surface area (Å²) in [5, 5.41) is 2.91. The molecule has 22 heavy (non-hydrogen) atoms. The highest BCUT2D eigenvalue weighted by Crippen LogP contribution is 2.19. The van der Waals surface area contributed by atoms with Crippen LogP contribution in [0.15, 0.2) is 30.3 Å². The number of hydrogen-bond donors (Lipinski definition) is 1. The van der Waals surface area contributed by atoms with Gasteiger partial charge in [0, 0.05) is 26.2 Å². The Balaban J connectivity index is 2.18. The molecular formula is C17H25N3O2. The molecule has 1 aliphatic rings. The van der Waals surface area contributed by atoms with Crippen LogP contribution >= 0.6 is 0 Å². The molecule has 120 valence electrons. The van der Waals surface area contributed by atoms with E-state index in [4.69, 9.17) is 0 Å². The quantitative estimate of drug-likeness (QED) is 0.908. The highest BCUT2D eigenvalue weighted by molar-refractivity contribution is 5.88. The Morgan fingerprint density at radius 3 is 2.27 bits per heavy atom. The molecule has 0 bridgehead atoms. The Kier molecular flexibility index (Phi) is 5.81. The number of nitrogens with one attached hydrogen (secondary N) is 1. The van der Waals surface area contributed by atoms with Crippen LogP contribution in [-0.4, -0.2) is 47.9 Å². The third kappa shape index (κ3) is 3.78. The number of rotatable bonds is 5. The summed E-state index contributed by atoms with van der Waals surface area (Å²) in [5.41, 5.74) is 0.833. The first-order valence-electron chi connectivity index (χ1n) is 8.06. The number of urea groups is 1. The summed E-state index contributed by atoms with van der Waals surface area (Å²) in [4.78, 5) is 28.7. The van der Waals surface area contributed by atoms with Gasteiger partial charge < -0.3 is 15.1 Å². The van der Waals surface area contributed by atoms with E-state index in [2.05, 4.69) is 5.32 Å². The number of hydrogen-bond acceptors (Lipinski definition) is 2. The average Bonchev–Trinajstić information content (AvgIpc) is 3.08. The number of amides is 3. The monoisotopic (exact) mass is 303 g/mol. The zero-order valence-electron chi connectivity index (χ0n) is 13.4. The summed E-state index contributed by atoms with van der Waals surface area (Å²) < 4.78 is 0. The zero-order valence-corrected chi connectivity index (χ0v) is 13.4. The van der Waals surface area contributed by atoms with Crippen molar-refractivity contribution in [3.05, 3.63) is 35.9 Å². The maximum atomic E-state index is 12.8. The fourth-order valence-electron chi connectivity index (χ4n) is 2.78. The second-order valence-corrected chi connectivity index (χ2v) is 5.50. The Morgan fingerprint density at radius 1 is 1.14 bits per heavy atom. The normalized spacial score (nSPS) is 15.5. The number of carbonyl (C=O) groups excluding carboxylic acids is 2. The third-order valence-electron chi connectivity index (χ3n) is 4.12.